The molecule has 0 aromatic heterocycles. The third kappa shape index (κ3) is 2.11. The Hall–Kier alpha value is -1.31. The van der Waals surface area contributed by atoms with Gasteiger partial charge in [-0.1, -0.05) is 30.3 Å². The van der Waals surface area contributed by atoms with Crippen LogP contribution in [0.1, 0.15) is 44.7 Å². The Morgan fingerprint density at radius 1 is 1.25 bits per heavy atom. The quantitative estimate of drug-likeness (QED) is 0.745. The fraction of sp³-hybridized carbons (Fsp3) is 0.500. The number of carbonyl (C=O) groups is 1. The van der Waals surface area contributed by atoms with Gasteiger partial charge in [-0.2, -0.15) is 0 Å². The topological polar surface area (TPSA) is 20.3 Å². The fourth-order valence-corrected chi connectivity index (χ4v) is 2.54. The zero-order valence-electron chi connectivity index (χ0n) is 10.0. The molecule has 0 N–H and O–H groups in total. The summed E-state index contributed by atoms with van der Waals surface area (Å²) >= 11 is 0. The molecule has 0 spiro atoms. The van der Waals surface area contributed by atoms with E-state index >= 15 is 0 Å². The van der Waals surface area contributed by atoms with Gasteiger partial charge in [-0.05, 0) is 32.3 Å². The predicted molar refractivity (Wildman–Crippen MR) is 65.0 cm³/mol. The van der Waals surface area contributed by atoms with E-state index in [0.29, 0.717) is 12.3 Å². The van der Waals surface area contributed by atoms with Gasteiger partial charge in [0.25, 0.3) is 0 Å². The molecule has 1 atom stereocenters. The molecule has 0 aliphatic carbocycles. The van der Waals surface area contributed by atoms with Crippen LogP contribution in [0.2, 0.25) is 0 Å². The summed E-state index contributed by atoms with van der Waals surface area (Å²) in [7, 11) is 0. The summed E-state index contributed by atoms with van der Waals surface area (Å²) in [6.07, 6.45) is 2.82. The molecule has 2 heteroatoms. The minimum atomic E-state index is 0.280. The summed E-state index contributed by atoms with van der Waals surface area (Å²) in [6, 6.07) is 10.9. The molecule has 1 amide bonds. The lowest BCUT2D eigenvalue weighted by molar-refractivity contribution is -0.138. The van der Waals surface area contributed by atoms with Gasteiger partial charge in [0.2, 0.25) is 5.91 Å². The number of piperidine rings is 1. The highest BCUT2D eigenvalue weighted by atomic mass is 16.2. The number of amides is 1. The zero-order valence-corrected chi connectivity index (χ0v) is 10.0. The van der Waals surface area contributed by atoms with Gasteiger partial charge in [0.05, 0.1) is 6.04 Å². The van der Waals surface area contributed by atoms with Gasteiger partial charge in [0, 0.05) is 12.5 Å². The molecule has 0 saturated carbocycles. The second-order valence-corrected chi connectivity index (χ2v) is 4.71. The van der Waals surface area contributed by atoms with Gasteiger partial charge in [0.15, 0.2) is 0 Å². The standard InChI is InChI=1S/C14H19NO/c1-11(2)15-13(9-6-10-14(15)16)12-7-4-3-5-8-12/h3-5,7-8,11,13H,6,9-10H2,1-2H3. The molecule has 1 aliphatic rings. The van der Waals surface area contributed by atoms with Gasteiger partial charge in [-0.15, -0.1) is 0 Å². The second-order valence-electron chi connectivity index (χ2n) is 4.71. The van der Waals surface area contributed by atoms with Gasteiger partial charge < -0.3 is 4.90 Å². The van der Waals surface area contributed by atoms with E-state index in [4.69, 9.17) is 0 Å². The molecule has 1 heterocycles. The number of carbonyl (C=O) groups excluding carboxylic acids is 1. The number of likely N-dealkylation sites (tertiary alicyclic amines) is 1. The average Bonchev–Trinajstić information content (AvgIpc) is 2.29. The summed E-state index contributed by atoms with van der Waals surface area (Å²) in [5.41, 5.74) is 1.27. The van der Waals surface area contributed by atoms with Crippen molar-refractivity contribution in [3.63, 3.8) is 0 Å². The van der Waals surface area contributed by atoms with E-state index in [-0.39, 0.29) is 12.1 Å². The van der Waals surface area contributed by atoms with Crippen molar-refractivity contribution >= 4 is 5.91 Å². The first-order valence-electron chi connectivity index (χ1n) is 6.06. The monoisotopic (exact) mass is 217 g/mol. The van der Waals surface area contributed by atoms with Crippen LogP contribution in [-0.4, -0.2) is 16.8 Å². The molecule has 0 radical (unpaired) electrons. The Kier molecular flexibility index (Phi) is 3.28. The SMILES string of the molecule is CC(C)N1C(=O)CCCC1c1ccccc1. The molecule has 1 aliphatic heterocycles. The number of nitrogens with zero attached hydrogens (tertiary/aromatic N) is 1. The van der Waals surface area contributed by atoms with Crippen molar-refractivity contribution in [2.75, 3.05) is 0 Å². The van der Waals surface area contributed by atoms with E-state index in [1.807, 2.05) is 23.1 Å². The molecule has 1 aromatic carbocycles. The van der Waals surface area contributed by atoms with Crippen LogP contribution in [0.25, 0.3) is 0 Å². The predicted octanol–water partition coefficient (Wildman–Crippen LogP) is 3.15. The Bertz CT molecular complexity index is 358. The van der Waals surface area contributed by atoms with Crippen molar-refractivity contribution in [2.24, 2.45) is 0 Å². The van der Waals surface area contributed by atoms with Gasteiger partial charge >= 0.3 is 0 Å². The lowest BCUT2D eigenvalue weighted by atomic mass is 9.93. The summed E-state index contributed by atoms with van der Waals surface area (Å²) in [4.78, 5) is 14.0. The van der Waals surface area contributed by atoms with Crippen molar-refractivity contribution in [1.29, 1.82) is 0 Å². The number of hydrogen-bond donors (Lipinski definition) is 0. The van der Waals surface area contributed by atoms with Crippen LogP contribution in [-0.2, 0) is 4.79 Å². The van der Waals surface area contributed by atoms with Crippen LogP contribution in [0.3, 0.4) is 0 Å². The minimum absolute atomic E-state index is 0.280. The normalized spacial score (nSPS) is 21.6. The van der Waals surface area contributed by atoms with Crippen molar-refractivity contribution in [3.8, 4) is 0 Å². The lowest BCUT2D eigenvalue weighted by Gasteiger charge is -2.39. The Morgan fingerprint density at radius 3 is 2.56 bits per heavy atom. The van der Waals surface area contributed by atoms with E-state index in [2.05, 4.69) is 26.0 Å². The first-order valence-corrected chi connectivity index (χ1v) is 6.06. The van der Waals surface area contributed by atoms with E-state index in [0.717, 1.165) is 12.8 Å². The third-order valence-corrected chi connectivity index (χ3v) is 3.23. The Balaban J connectivity index is 2.27. The molecule has 1 fully saturated rings. The van der Waals surface area contributed by atoms with Crippen LogP contribution in [0.4, 0.5) is 0 Å². The first kappa shape index (κ1) is 11.2. The van der Waals surface area contributed by atoms with Crippen molar-refractivity contribution in [3.05, 3.63) is 35.9 Å². The highest BCUT2D eigenvalue weighted by Gasteiger charge is 2.30. The minimum Gasteiger partial charge on any atom is -0.333 e. The van der Waals surface area contributed by atoms with Crippen molar-refractivity contribution in [2.45, 2.75) is 45.2 Å². The van der Waals surface area contributed by atoms with Crippen LogP contribution < -0.4 is 0 Å². The molecular formula is C14H19NO. The average molecular weight is 217 g/mol. The first-order chi connectivity index (χ1) is 7.70. The smallest absolute Gasteiger partial charge is 0.223 e. The van der Waals surface area contributed by atoms with E-state index in [9.17, 15) is 4.79 Å². The molecule has 86 valence electrons. The molecular weight excluding hydrogens is 198 g/mol. The molecule has 16 heavy (non-hydrogen) atoms. The summed E-state index contributed by atoms with van der Waals surface area (Å²) in [5, 5.41) is 0. The molecule has 1 saturated heterocycles. The second kappa shape index (κ2) is 4.69. The molecule has 1 unspecified atom stereocenters. The Morgan fingerprint density at radius 2 is 1.94 bits per heavy atom. The summed E-state index contributed by atoms with van der Waals surface area (Å²) < 4.78 is 0. The fourth-order valence-electron chi connectivity index (χ4n) is 2.54. The van der Waals surface area contributed by atoms with Gasteiger partial charge in [-0.3, -0.25) is 4.79 Å². The largest absolute Gasteiger partial charge is 0.333 e. The van der Waals surface area contributed by atoms with Crippen LogP contribution in [0.5, 0.6) is 0 Å². The summed E-state index contributed by atoms with van der Waals surface area (Å²) in [5.74, 6) is 0.301. The van der Waals surface area contributed by atoms with Crippen LogP contribution >= 0.6 is 0 Å². The molecule has 1 aromatic rings. The highest BCUT2D eigenvalue weighted by molar-refractivity contribution is 5.77. The van der Waals surface area contributed by atoms with Crippen molar-refractivity contribution < 1.29 is 4.79 Å². The molecule has 0 bridgehead atoms. The van der Waals surface area contributed by atoms with E-state index in [1.54, 1.807) is 0 Å². The number of hydrogen-bond acceptors (Lipinski definition) is 1. The lowest BCUT2D eigenvalue weighted by Crippen LogP contribution is -2.42. The maximum Gasteiger partial charge on any atom is 0.223 e. The molecule has 2 rings (SSSR count). The zero-order chi connectivity index (χ0) is 11.5. The van der Waals surface area contributed by atoms with E-state index < -0.39 is 0 Å². The van der Waals surface area contributed by atoms with Gasteiger partial charge in [0.1, 0.15) is 0 Å². The van der Waals surface area contributed by atoms with Crippen LogP contribution in [0, 0.1) is 0 Å². The van der Waals surface area contributed by atoms with Crippen LogP contribution in [0.15, 0.2) is 30.3 Å². The Labute approximate surface area is 97.3 Å². The molecule has 2 nitrogen and oxygen atoms in total. The number of benzene rings is 1. The van der Waals surface area contributed by atoms with Crippen molar-refractivity contribution in [1.82, 2.24) is 4.90 Å². The highest BCUT2D eigenvalue weighted by Crippen LogP contribution is 2.32. The third-order valence-electron chi connectivity index (χ3n) is 3.23. The maximum absolute atomic E-state index is 11.9. The number of rotatable bonds is 2. The maximum atomic E-state index is 11.9. The van der Waals surface area contributed by atoms with Gasteiger partial charge in [-0.25, -0.2) is 0 Å². The van der Waals surface area contributed by atoms with E-state index in [1.165, 1.54) is 5.56 Å². The summed E-state index contributed by atoms with van der Waals surface area (Å²) in [6.45, 7) is 4.19.